The van der Waals surface area contributed by atoms with Gasteiger partial charge in [0.2, 0.25) is 0 Å². The summed E-state index contributed by atoms with van der Waals surface area (Å²) < 4.78 is 0. The standard InChI is InChI=1S/C9H12ClN7O/c1-2-17(4-3-10)16-15-9-13-6-7(14-9)11-5-12-8(6)18/h5H,2-4H2,1H3,(H2,11,12,13,14,18)/b16-15+. The molecular formula is C9H12ClN7O. The third kappa shape index (κ3) is 2.65. The van der Waals surface area contributed by atoms with Gasteiger partial charge in [0.25, 0.3) is 11.5 Å². The number of hydrogen-bond donors (Lipinski definition) is 2. The Kier molecular flexibility index (Phi) is 3.88. The third-order valence-electron chi connectivity index (χ3n) is 2.26. The molecule has 0 saturated carbocycles. The van der Waals surface area contributed by atoms with Crippen molar-refractivity contribution in [2.24, 2.45) is 10.3 Å². The number of alkyl halides is 1. The molecule has 2 N–H and O–H groups in total. The smallest absolute Gasteiger partial charge is 0.276 e. The first-order valence-corrected chi connectivity index (χ1v) is 5.94. The minimum absolute atomic E-state index is 0.238. The normalized spacial score (nSPS) is 11.4. The number of fused-ring (bicyclic) bond motifs is 1. The summed E-state index contributed by atoms with van der Waals surface area (Å²) in [6.45, 7) is 3.23. The SMILES string of the molecule is CCN(CCCl)/N=N/c1nc2nc[nH]c(=O)c2[nH]1. The summed E-state index contributed by atoms with van der Waals surface area (Å²) in [5.41, 5.74) is 0.307. The molecule has 9 heteroatoms. The lowest BCUT2D eigenvalue weighted by molar-refractivity contribution is 0.302. The molecule has 2 rings (SSSR count). The van der Waals surface area contributed by atoms with E-state index in [2.05, 4.69) is 30.3 Å². The molecular weight excluding hydrogens is 258 g/mol. The fourth-order valence-electron chi connectivity index (χ4n) is 1.34. The van der Waals surface area contributed by atoms with E-state index in [1.165, 1.54) is 6.33 Å². The summed E-state index contributed by atoms with van der Waals surface area (Å²) in [4.78, 5) is 24.6. The summed E-state index contributed by atoms with van der Waals surface area (Å²) in [5.74, 6) is 0.705. The summed E-state index contributed by atoms with van der Waals surface area (Å²) in [5, 5.41) is 9.57. The number of aromatic amines is 2. The van der Waals surface area contributed by atoms with Crippen molar-refractivity contribution in [1.29, 1.82) is 0 Å². The molecule has 0 aliphatic rings. The maximum atomic E-state index is 11.4. The Balaban J connectivity index is 2.24. The maximum absolute atomic E-state index is 11.4. The number of imidazole rings is 1. The van der Waals surface area contributed by atoms with Crippen LogP contribution in [0.3, 0.4) is 0 Å². The van der Waals surface area contributed by atoms with Gasteiger partial charge in [-0.3, -0.25) is 9.80 Å². The van der Waals surface area contributed by atoms with Crippen LogP contribution in [0.4, 0.5) is 5.95 Å². The molecule has 0 bridgehead atoms. The largest absolute Gasteiger partial charge is 0.315 e. The number of aromatic nitrogens is 4. The van der Waals surface area contributed by atoms with Gasteiger partial charge >= 0.3 is 0 Å². The van der Waals surface area contributed by atoms with E-state index in [0.717, 1.165) is 0 Å². The highest BCUT2D eigenvalue weighted by atomic mass is 35.5. The zero-order valence-corrected chi connectivity index (χ0v) is 10.5. The van der Waals surface area contributed by atoms with Crippen molar-refractivity contribution >= 4 is 28.7 Å². The molecule has 0 aromatic carbocycles. The lowest BCUT2D eigenvalue weighted by Gasteiger charge is -2.11. The van der Waals surface area contributed by atoms with Crippen LogP contribution in [0.15, 0.2) is 21.5 Å². The van der Waals surface area contributed by atoms with Crippen LogP contribution < -0.4 is 5.56 Å². The Morgan fingerprint density at radius 2 is 2.39 bits per heavy atom. The van der Waals surface area contributed by atoms with E-state index in [0.29, 0.717) is 24.6 Å². The van der Waals surface area contributed by atoms with Crippen molar-refractivity contribution in [3.63, 3.8) is 0 Å². The van der Waals surface area contributed by atoms with E-state index >= 15 is 0 Å². The first-order valence-electron chi connectivity index (χ1n) is 5.40. The van der Waals surface area contributed by atoms with Crippen molar-refractivity contribution in [2.75, 3.05) is 19.0 Å². The molecule has 0 aliphatic heterocycles. The van der Waals surface area contributed by atoms with Gasteiger partial charge in [-0.05, 0) is 6.92 Å². The molecule has 0 unspecified atom stereocenters. The number of H-pyrrole nitrogens is 2. The minimum atomic E-state index is -0.290. The molecule has 0 amide bonds. The van der Waals surface area contributed by atoms with Crippen LogP contribution in [0.25, 0.3) is 11.2 Å². The quantitative estimate of drug-likeness (QED) is 0.484. The minimum Gasteiger partial charge on any atom is -0.315 e. The molecule has 2 heterocycles. The highest BCUT2D eigenvalue weighted by Gasteiger charge is 2.06. The van der Waals surface area contributed by atoms with Gasteiger partial charge in [0.1, 0.15) is 0 Å². The van der Waals surface area contributed by atoms with Crippen LogP contribution in [0.1, 0.15) is 6.92 Å². The Morgan fingerprint density at radius 3 is 3.06 bits per heavy atom. The van der Waals surface area contributed by atoms with Crippen molar-refractivity contribution in [1.82, 2.24) is 24.9 Å². The molecule has 0 atom stereocenters. The molecule has 18 heavy (non-hydrogen) atoms. The third-order valence-corrected chi connectivity index (χ3v) is 2.42. The molecule has 2 aromatic heterocycles. The predicted molar refractivity (Wildman–Crippen MR) is 67.0 cm³/mol. The van der Waals surface area contributed by atoms with Crippen LogP contribution in [0.2, 0.25) is 0 Å². The van der Waals surface area contributed by atoms with Crippen molar-refractivity contribution in [3.8, 4) is 0 Å². The van der Waals surface area contributed by atoms with Crippen LogP contribution in [-0.2, 0) is 0 Å². The molecule has 96 valence electrons. The van der Waals surface area contributed by atoms with E-state index in [9.17, 15) is 4.79 Å². The number of rotatable bonds is 5. The topological polar surface area (TPSA) is 102 Å². The van der Waals surface area contributed by atoms with Gasteiger partial charge in [0.15, 0.2) is 11.2 Å². The molecule has 2 aromatic rings. The summed E-state index contributed by atoms with van der Waals surface area (Å²) in [6.07, 6.45) is 1.29. The van der Waals surface area contributed by atoms with Gasteiger partial charge in [-0.1, -0.05) is 10.3 Å². The second-order valence-corrected chi connectivity index (χ2v) is 3.79. The van der Waals surface area contributed by atoms with E-state index < -0.39 is 0 Å². The van der Waals surface area contributed by atoms with E-state index in [-0.39, 0.29) is 17.0 Å². The van der Waals surface area contributed by atoms with Crippen LogP contribution in [0.5, 0.6) is 0 Å². The zero-order chi connectivity index (χ0) is 13.0. The van der Waals surface area contributed by atoms with Gasteiger partial charge in [0, 0.05) is 12.4 Å². The second kappa shape index (κ2) is 5.58. The first kappa shape index (κ1) is 12.5. The van der Waals surface area contributed by atoms with Crippen molar-refractivity contribution in [3.05, 3.63) is 16.7 Å². The predicted octanol–water partition coefficient (Wildman–Crippen LogP) is 1.21. The molecule has 0 fully saturated rings. The first-order chi connectivity index (χ1) is 8.74. The van der Waals surface area contributed by atoms with Crippen LogP contribution in [-0.4, -0.2) is 43.9 Å². The molecule has 0 aliphatic carbocycles. The number of hydrogen-bond acceptors (Lipinski definition) is 5. The number of nitrogens with one attached hydrogen (secondary N) is 2. The van der Waals surface area contributed by atoms with Gasteiger partial charge in [-0.25, -0.2) is 4.98 Å². The summed E-state index contributed by atoms with van der Waals surface area (Å²) >= 11 is 5.62. The van der Waals surface area contributed by atoms with E-state index in [4.69, 9.17) is 11.6 Å². The van der Waals surface area contributed by atoms with Gasteiger partial charge in [0.05, 0.1) is 12.9 Å². The second-order valence-electron chi connectivity index (χ2n) is 3.42. The number of nitrogens with zero attached hydrogens (tertiary/aromatic N) is 5. The van der Waals surface area contributed by atoms with Gasteiger partial charge in [-0.15, -0.1) is 11.6 Å². The Hall–Kier alpha value is -1.96. The van der Waals surface area contributed by atoms with Crippen LogP contribution in [0, 0.1) is 0 Å². The molecule has 8 nitrogen and oxygen atoms in total. The maximum Gasteiger partial charge on any atom is 0.276 e. The molecule has 0 radical (unpaired) electrons. The highest BCUT2D eigenvalue weighted by molar-refractivity contribution is 6.18. The lowest BCUT2D eigenvalue weighted by atomic mass is 10.6. The Morgan fingerprint density at radius 1 is 1.56 bits per heavy atom. The lowest BCUT2D eigenvalue weighted by Crippen LogP contribution is -2.18. The van der Waals surface area contributed by atoms with E-state index in [1.807, 2.05) is 6.92 Å². The molecule has 0 saturated heterocycles. The van der Waals surface area contributed by atoms with Crippen molar-refractivity contribution < 1.29 is 0 Å². The fraction of sp³-hybridized carbons (Fsp3) is 0.444. The van der Waals surface area contributed by atoms with Crippen LogP contribution >= 0.6 is 11.6 Å². The average molecular weight is 270 g/mol. The molecule has 0 spiro atoms. The summed E-state index contributed by atoms with van der Waals surface area (Å²) in [6, 6.07) is 0. The van der Waals surface area contributed by atoms with Gasteiger partial charge < -0.3 is 9.97 Å². The van der Waals surface area contributed by atoms with Gasteiger partial charge in [-0.2, -0.15) is 4.98 Å². The van der Waals surface area contributed by atoms with Crippen molar-refractivity contribution in [2.45, 2.75) is 6.92 Å². The Bertz CT molecular complexity index is 604. The zero-order valence-electron chi connectivity index (χ0n) is 9.72. The summed E-state index contributed by atoms with van der Waals surface area (Å²) in [7, 11) is 0. The monoisotopic (exact) mass is 269 g/mol. The number of halogens is 1. The highest BCUT2D eigenvalue weighted by Crippen LogP contribution is 2.10. The van der Waals surface area contributed by atoms with E-state index in [1.54, 1.807) is 5.01 Å². The Labute approximate surface area is 107 Å². The fourth-order valence-corrected chi connectivity index (χ4v) is 1.54. The average Bonchev–Trinajstić information content (AvgIpc) is 2.79.